The Kier molecular flexibility index (Phi) is 5.40. The molecule has 0 N–H and O–H groups in total. The van der Waals surface area contributed by atoms with Crippen LogP contribution in [0.2, 0.25) is 0 Å². The first-order valence-corrected chi connectivity index (χ1v) is 9.05. The van der Waals surface area contributed by atoms with E-state index in [1.54, 1.807) is 0 Å². The summed E-state index contributed by atoms with van der Waals surface area (Å²) < 4.78 is 6.01. The van der Waals surface area contributed by atoms with Gasteiger partial charge in [0.2, 0.25) is 0 Å². The van der Waals surface area contributed by atoms with Gasteiger partial charge in [-0.2, -0.15) is 0 Å². The third kappa shape index (κ3) is 5.78. The summed E-state index contributed by atoms with van der Waals surface area (Å²) in [5.41, 5.74) is 3.67. The van der Waals surface area contributed by atoms with Crippen LogP contribution in [-0.2, 0) is 4.74 Å². The van der Waals surface area contributed by atoms with E-state index < -0.39 is 0 Å². The minimum absolute atomic E-state index is 0.176. The summed E-state index contributed by atoms with van der Waals surface area (Å²) in [7, 11) is 0. The van der Waals surface area contributed by atoms with Crippen molar-refractivity contribution in [2.45, 2.75) is 95.3 Å². The maximum absolute atomic E-state index is 6.01. The van der Waals surface area contributed by atoms with Crippen LogP contribution in [0.4, 0.5) is 0 Å². The number of rotatable bonds is 2. The standard InChI is InChI=1S/C22H40O/c1-19(2,3)17(20(4,5)6)13-15-16(23-15)14-18(21(7,8)9)22(10,11)12/h13-16H,1-12H3. The smallest absolute Gasteiger partial charge is 0.107 e. The summed E-state index contributed by atoms with van der Waals surface area (Å²) in [5, 5.41) is 0. The van der Waals surface area contributed by atoms with Crippen molar-refractivity contribution in [1.82, 2.24) is 0 Å². The van der Waals surface area contributed by atoms with Crippen molar-refractivity contribution in [2.75, 3.05) is 0 Å². The van der Waals surface area contributed by atoms with Crippen molar-refractivity contribution >= 4 is 0 Å². The van der Waals surface area contributed by atoms with Gasteiger partial charge in [0, 0.05) is 0 Å². The monoisotopic (exact) mass is 320 g/mol. The first kappa shape index (κ1) is 20.5. The number of allylic oxidation sites excluding steroid dienone is 2. The van der Waals surface area contributed by atoms with Crippen molar-refractivity contribution in [3.05, 3.63) is 23.3 Å². The van der Waals surface area contributed by atoms with Crippen LogP contribution in [0.25, 0.3) is 0 Å². The average Bonchev–Trinajstić information content (AvgIpc) is 2.94. The van der Waals surface area contributed by atoms with Crippen LogP contribution in [0.5, 0.6) is 0 Å². The lowest BCUT2D eigenvalue weighted by Gasteiger charge is -2.34. The first-order chi connectivity index (χ1) is 9.94. The molecule has 2 atom stereocenters. The molecule has 0 aliphatic carbocycles. The molecule has 0 bridgehead atoms. The van der Waals surface area contributed by atoms with Gasteiger partial charge in [-0.05, 0) is 21.7 Å². The fraction of sp³-hybridized carbons (Fsp3) is 0.818. The summed E-state index contributed by atoms with van der Waals surface area (Å²) in [6, 6.07) is 0. The van der Waals surface area contributed by atoms with E-state index in [-0.39, 0.29) is 33.9 Å². The van der Waals surface area contributed by atoms with Gasteiger partial charge in [0.25, 0.3) is 0 Å². The van der Waals surface area contributed by atoms with E-state index in [1.807, 2.05) is 0 Å². The van der Waals surface area contributed by atoms with E-state index in [9.17, 15) is 0 Å². The summed E-state index contributed by atoms with van der Waals surface area (Å²) in [6.45, 7) is 27.6. The van der Waals surface area contributed by atoms with Crippen molar-refractivity contribution in [1.29, 1.82) is 0 Å². The highest BCUT2D eigenvalue weighted by atomic mass is 16.6. The van der Waals surface area contributed by atoms with Crippen LogP contribution in [-0.4, -0.2) is 12.2 Å². The van der Waals surface area contributed by atoms with Crippen LogP contribution in [0, 0.1) is 21.7 Å². The fourth-order valence-electron chi connectivity index (χ4n) is 3.98. The Morgan fingerprint density at radius 1 is 0.522 bits per heavy atom. The number of hydrogen-bond donors (Lipinski definition) is 0. The second-order valence-electron chi connectivity index (χ2n) is 11.2. The molecule has 23 heavy (non-hydrogen) atoms. The minimum Gasteiger partial charge on any atom is -0.361 e. The predicted octanol–water partition coefficient (Wildman–Crippen LogP) is 6.79. The van der Waals surface area contributed by atoms with Crippen molar-refractivity contribution < 1.29 is 4.74 Å². The third-order valence-corrected chi connectivity index (χ3v) is 4.46. The Balaban J connectivity index is 3.07. The molecule has 1 aliphatic rings. The molecule has 134 valence electrons. The van der Waals surface area contributed by atoms with E-state index in [0.717, 1.165) is 0 Å². The van der Waals surface area contributed by atoms with Gasteiger partial charge < -0.3 is 4.74 Å². The lowest BCUT2D eigenvalue weighted by atomic mass is 9.70. The SMILES string of the molecule is CC(C)(C)C(=CC1OC1C=C(C(C)(C)C)C(C)(C)C)C(C)(C)C. The highest BCUT2D eigenvalue weighted by molar-refractivity contribution is 5.28. The summed E-state index contributed by atoms with van der Waals surface area (Å²) in [5.74, 6) is 0. The molecule has 1 rings (SSSR count). The summed E-state index contributed by atoms with van der Waals surface area (Å²) in [4.78, 5) is 0. The molecule has 1 fully saturated rings. The zero-order valence-corrected chi connectivity index (χ0v) is 17.7. The van der Waals surface area contributed by atoms with E-state index in [4.69, 9.17) is 4.74 Å². The number of ether oxygens (including phenoxy) is 1. The largest absolute Gasteiger partial charge is 0.361 e. The molecule has 0 saturated carbocycles. The van der Waals surface area contributed by atoms with Crippen LogP contribution < -0.4 is 0 Å². The molecule has 0 aromatic rings. The van der Waals surface area contributed by atoms with E-state index in [1.165, 1.54) is 11.1 Å². The topological polar surface area (TPSA) is 12.5 Å². The van der Waals surface area contributed by atoms with Gasteiger partial charge in [0.15, 0.2) is 0 Å². The Morgan fingerprint density at radius 3 is 0.913 bits per heavy atom. The second kappa shape index (κ2) is 6.06. The Hall–Kier alpha value is -0.560. The highest BCUT2D eigenvalue weighted by Crippen LogP contribution is 2.44. The van der Waals surface area contributed by atoms with Gasteiger partial charge >= 0.3 is 0 Å². The minimum atomic E-state index is 0.176. The second-order valence-corrected chi connectivity index (χ2v) is 11.2. The molecular weight excluding hydrogens is 280 g/mol. The number of epoxide rings is 1. The Labute approximate surface area is 145 Å². The predicted molar refractivity (Wildman–Crippen MR) is 103 cm³/mol. The highest BCUT2D eigenvalue weighted by Gasteiger charge is 2.40. The zero-order valence-electron chi connectivity index (χ0n) is 17.7. The first-order valence-electron chi connectivity index (χ1n) is 9.05. The fourth-order valence-corrected chi connectivity index (χ4v) is 3.98. The lowest BCUT2D eigenvalue weighted by Crippen LogP contribution is -2.24. The van der Waals surface area contributed by atoms with E-state index in [0.29, 0.717) is 0 Å². The third-order valence-electron chi connectivity index (χ3n) is 4.46. The van der Waals surface area contributed by atoms with Gasteiger partial charge in [-0.1, -0.05) is 106 Å². The molecule has 1 nitrogen and oxygen atoms in total. The molecule has 0 spiro atoms. The van der Waals surface area contributed by atoms with Crippen LogP contribution in [0.1, 0.15) is 83.1 Å². The van der Waals surface area contributed by atoms with Gasteiger partial charge in [0.05, 0.1) is 0 Å². The normalized spacial score (nSPS) is 22.6. The molecular formula is C22H40O. The van der Waals surface area contributed by atoms with Gasteiger partial charge in [-0.15, -0.1) is 0 Å². The zero-order chi connectivity index (χ0) is 18.4. The molecule has 0 aromatic carbocycles. The molecule has 1 aliphatic heterocycles. The molecule has 1 saturated heterocycles. The molecule has 1 heteroatoms. The van der Waals surface area contributed by atoms with E-state index >= 15 is 0 Å². The summed E-state index contributed by atoms with van der Waals surface area (Å²) >= 11 is 0. The van der Waals surface area contributed by atoms with Gasteiger partial charge in [-0.25, -0.2) is 0 Å². The maximum atomic E-state index is 6.01. The van der Waals surface area contributed by atoms with Crippen LogP contribution >= 0.6 is 0 Å². The Morgan fingerprint density at radius 2 is 0.739 bits per heavy atom. The van der Waals surface area contributed by atoms with Gasteiger partial charge in [0.1, 0.15) is 12.2 Å². The van der Waals surface area contributed by atoms with Crippen molar-refractivity contribution in [3.8, 4) is 0 Å². The molecule has 0 aromatic heterocycles. The molecule has 0 amide bonds. The molecule has 1 heterocycles. The lowest BCUT2D eigenvalue weighted by molar-refractivity contribution is 0.347. The van der Waals surface area contributed by atoms with Gasteiger partial charge in [-0.3, -0.25) is 0 Å². The molecule has 2 unspecified atom stereocenters. The number of hydrogen-bond acceptors (Lipinski definition) is 1. The van der Waals surface area contributed by atoms with Crippen molar-refractivity contribution in [2.24, 2.45) is 21.7 Å². The molecule has 0 radical (unpaired) electrons. The Bertz CT molecular complexity index is 400. The average molecular weight is 321 g/mol. The summed E-state index contributed by atoms with van der Waals surface area (Å²) in [6.07, 6.45) is 5.24. The van der Waals surface area contributed by atoms with Crippen molar-refractivity contribution in [3.63, 3.8) is 0 Å². The van der Waals surface area contributed by atoms with Crippen LogP contribution in [0.3, 0.4) is 0 Å². The maximum Gasteiger partial charge on any atom is 0.107 e. The van der Waals surface area contributed by atoms with E-state index in [2.05, 4.69) is 95.2 Å². The van der Waals surface area contributed by atoms with Crippen LogP contribution in [0.15, 0.2) is 23.3 Å². The quantitative estimate of drug-likeness (QED) is 0.403.